The minimum Gasteiger partial charge on any atom is -0.375 e. The third kappa shape index (κ3) is 3.06. The first-order chi connectivity index (χ1) is 8.58. The highest BCUT2D eigenvalue weighted by Gasteiger charge is 2.30. The van der Waals surface area contributed by atoms with E-state index in [1.807, 2.05) is 0 Å². The molecule has 1 unspecified atom stereocenters. The van der Waals surface area contributed by atoms with Crippen molar-refractivity contribution in [2.75, 3.05) is 19.6 Å². The Labute approximate surface area is 111 Å². The summed E-state index contributed by atoms with van der Waals surface area (Å²) in [6.07, 6.45) is 5.19. The summed E-state index contributed by atoms with van der Waals surface area (Å²) >= 11 is 0. The van der Waals surface area contributed by atoms with Gasteiger partial charge in [-0.2, -0.15) is 0 Å². The van der Waals surface area contributed by atoms with Crippen LogP contribution in [-0.2, 0) is 4.79 Å². The Kier molecular flexibility index (Phi) is 4.31. The molecular weight excluding hydrogens is 224 g/mol. The van der Waals surface area contributed by atoms with E-state index in [4.69, 9.17) is 0 Å². The van der Waals surface area contributed by atoms with Crippen molar-refractivity contribution in [1.82, 2.24) is 9.80 Å². The molecule has 3 heteroatoms. The molecule has 0 aromatic heterocycles. The molecule has 2 rings (SSSR count). The highest BCUT2D eigenvalue weighted by Crippen LogP contribution is 2.25. The van der Waals surface area contributed by atoms with Crippen LogP contribution < -0.4 is 0 Å². The molecule has 1 atom stereocenters. The molecule has 0 N–H and O–H groups in total. The third-order valence-electron chi connectivity index (χ3n) is 4.12. The summed E-state index contributed by atoms with van der Waals surface area (Å²) in [6, 6.07) is 0.493. The molecule has 2 aliphatic heterocycles. The minimum atomic E-state index is 0.347. The van der Waals surface area contributed by atoms with E-state index in [0.29, 0.717) is 24.3 Å². The molecule has 0 saturated carbocycles. The van der Waals surface area contributed by atoms with Crippen LogP contribution >= 0.6 is 0 Å². The molecule has 0 bridgehead atoms. The molecule has 2 fully saturated rings. The summed E-state index contributed by atoms with van der Waals surface area (Å²) < 4.78 is 0. The van der Waals surface area contributed by atoms with Crippen LogP contribution in [-0.4, -0.2) is 41.4 Å². The fraction of sp³-hybridized carbons (Fsp3) is 0.800. The van der Waals surface area contributed by atoms with E-state index in [0.717, 1.165) is 32.5 Å². The van der Waals surface area contributed by atoms with Gasteiger partial charge in [0, 0.05) is 37.8 Å². The summed E-state index contributed by atoms with van der Waals surface area (Å²) in [6.45, 7) is 11.6. The Bertz CT molecular complexity index is 324. The van der Waals surface area contributed by atoms with E-state index < -0.39 is 0 Å². The van der Waals surface area contributed by atoms with Crippen LogP contribution in [0.4, 0.5) is 0 Å². The van der Waals surface area contributed by atoms with Crippen LogP contribution in [0.15, 0.2) is 12.3 Å². The van der Waals surface area contributed by atoms with Crippen molar-refractivity contribution < 1.29 is 4.79 Å². The molecule has 18 heavy (non-hydrogen) atoms. The number of nitrogens with zero attached hydrogens (tertiary/aromatic N) is 2. The monoisotopic (exact) mass is 250 g/mol. The van der Waals surface area contributed by atoms with Gasteiger partial charge in [-0.15, -0.1) is 0 Å². The second-order valence-electron chi connectivity index (χ2n) is 6.07. The molecular formula is C15H26N2O. The molecule has 102 valence electrons. The smallest absolute Gasteiger partial charge is 0.224 e. The summed E-state index contributed by atoms with van der Waals surface area (Å²) in [5.74, 6) is 0.987. The van der Waals surface area contributed by atoms with Crippen molar-refractivity contribution in [3.63, 3.8) is 0 Å². The average Bonchev–Trinajstić information content (AvgIpc) is 2.73. The number of allylic oxidation sites excluding steroid dienone is 1. The summed E-state index contributed by atoms with van der Waals surface area (Å²) in [5, 5.41) is 0. The lowest BCUT2D eigenvalue weighted by Gasteiger charge is -2.34. The number of amides is 1. The molecule has 0 aromatic rings. The summed E-state index contributed by atoms with van der Waals surface area (Å²) in [7, 11) is 0. The SMILES string of the molecule is C=C(CC(C)C)N1CCC(=O)N2CCCC2CC1. The number of carbonyl (C=O) groups is 1. The number of fused-ring (bicyclic) bond motifs is 1. The van der Waals surface area contributed by atoms with Crippen LogP contribution in [0.3, 0.4) is 0 Å². The van der Waals surface area contributed by atoms with Gasteiger partial charge in [0.2, 0.25) is 5.91 Å². The molecule has 0 spiro atoms. The zero-order valence-electron chi connectivity index (χ0n) is 11.8. The van der Waals surface area contributed by atoms with Crippen molar-refractivity contribution in [2.24, 2.45) is 5.92 Å². The van der Waals surface area contributed by atoms with Gasteiger partial charge in [-0.25, -0.2) is 0 Å². The maximum absolute atomic E-state index is 12.1. The molecule has 0 aliphatic carbocycles. The Morgan fingerprint density at radius 1 is 1.33 bits per heavy atom. The fourth-order valence-corrected chi connectivity index (χ4v) is 3.17. The lowest BCUT2D eigenvalue weighted by Crippen LogP contribution is -2.42. The standard InChI is InChI=1S/C15H26N2O/c1-12(2)11-13(3)16-9-6-14-5-4-8-17(14)15(18)7-10-16/h12,14H,3-11H2,1-2H3. The van der Waals surface area contributed by atoms with E-state index in [-0.39, 0.29) is 0 Å². The van der Waals surface area contributed by atoms with Crippen LogP contribution in [0, 0.1) is 5.92 Å². The maximum atomic E-state index is 12.1. The maximum Gasteiger partial charge on any atom is 0.224 e. The Balaban J connectivity index is 1.95. The van der Waals surface area contributed by atoms with Gasteiger partial charge in [0.05, 0.1) is 0 Å². The second kappa shape index (κ2) is 5.77. The van der Waals surface area contributed by atoms with Gasteiger partial charge in [-0.1, -0.05) is 20.4 Å². The van der Waals surface area contributed by atoms with Gasteiger partial charge in [0.15, 0.2) is 0 Å². The van der Waals surface area contributed by atoms with E-state index >= 15 is 0 Å². The number of carbonyl (C=O) groups excluding carboxylic acids is 1. The molecule has 2 saturated heterocycles. The molecule has 1 amide bonds. The first kappa shape index (κ1) is 13.4. The van der Waals surface area contributed by atoms with E-state index in [1.54, 1.807) is 0 Å². The number of hydrogen-bond acceptors (Lipinski definition) is 2. The third-order valence-corrected chi connectivity index (χ3v) is 4.12. The van der Waals surface area contributed by atoms with E-state index in [2.05, 4.69) is 30.2 Å². The molecule has 2 aliphatic rings. The fourth-order valence-electron chi connectivity index (χ4n) is 3.17. The van der Waals surface area contributed by atoms with Crippen molar-refractivity contribution in [1.29, 1.82) is 0 Å². The lowest BCUT2D eigenvalue weighted by atomic mass is 10.1. The Morgan fingerprint density at radius 3 is 2.83 bits per heavy atom. The molecule has 3 nitrogen and oxygen atoms in total. The van der Waals surface area contributed by atoms with E-state index in [9.17, 15) is 4.79 Å². The largest absolute Gasteiger partial charge is 0.375 e. The van der Waals surface area contributed by atoms with Crippen molar-refractivity contribution >= 4 is 5.91 Å². The predicted molar refractivity (Wildman–Crippen MR) is 74.1 cm³/mol. The average molecular weight is 250 g/mol. The molecule has 0 aromatic carbocycles. The van der Waals surface area contributed by atoms with Gasteiger partial charge in [0.1, 0.15) is 0 Å². The van der Waals surface area contributed by atoms with Crippen LogP contribution in [0.1, 0.15) is 46.0 Å². The van der Waals surface area contributed by atoms with Crippen LogP contribution in [0.5, 0.6) is 0 Å². The number of rotatable bonds is 3. The highest BCUT2D eigenvalue weighted by atomic mass is 16.2. The van der Waals surface area contributed by atoms with Crippen LogP contribution in [0.25, 0.3) is 0 Å². The van der Waals surface area contributed by atoms with Crippen molar-refractivity contribution in [3.8, 4) is 0 Å². The van der Waals surface area contributed by atoms with E-state index in [1.165, 1.54) is 18.5 Å². The topological polar surface area (TPSA) is 23.6 Å². The first-order valence-corrected chi connectivity index (χ1v) is 7.30. The minimum absolute atomic E-state index is 0.347. The Morgan fingerprint density at radius 2 is 2.11 bits per heavy atom. The lowest BCUT2D eigenvalue weighted by molar-refractivity contribution is -0.133. The van der Waals surface area contributed by atoms with Crippen molar-refractivity contribution in [3.05, 3.63) is 12.3 Å². The van der Waals surface area contributed by atoms with Gasteiger partial charge >= 0.3 is 0 Å². The normalized spacial score (nSPS) is 25.1. The van der Waals surface area contributed by atoms with Gasteiger partial charge in [0.25, 0.3) is 0 Å². The quantitative estimate of drug-likeness (QED) is 0.769. The highest BCUT2D eigenvalue weighted by molar-refractivity contribution is 5.77. The van der Waals surface area contributed by atoms with Crippen LogP contribution in [0.2, 0.25) is 0 Å². The predicted octanol–water partition coefficient (Wildman–Crippen LogP) is 2.63. The molecule has 0 radical (unpaired) electrons. The van der Waals surface area contributed by atoms with Crippen molar-refractivity contribution in [2.45, 2.75) is 52.0 Å². The summed E-state index contributed by atoms with van der Waals surface area (Å²) in [4.78, 5) is 16.6. The van der Waals surface area contributed by atoms with Gasteiger partial charge < -0.3 is 9.80 Å². The van der Waals surface area contributed by atoms with Gasteiger partial charge in [-0.05, 0) is 31.6 Å². The zero-order valence-corrected chi connectivity index (χ0v) is 11.8. The van der Waals surface area contributed by atoms with Gasteiger partial charge in [-0.3, -0.25) is 4.79 Å². The Hall–Kier alpha value is -0.990. The zero-order chi connectivity index (χ0) is 13.1. The second-order valence-corrected chi connectivity index (χ2v) is 6.07. The molecule has 2 heterocycles. The first-order valence-electron chi connectivity index (χ1n) is 7.30. The summed E-state index contributed by atoms with van der Waals surface area (Å²) in [5.41, 5.74) is 1.21. The number of hydrogen-bond donors (Lipinski definition) is 0.